The van der Waals surface area contributed by atoms with Gasteiger partial charge < -0.3 is 10.1 Å². The maximum atomic E-state index is 12.5. The molecule has 4 aromatic rings. The Bertz CT molecular complexity index is 1150. The van der Waals surface area contributed by atoms with Crippen LogP contribution in [0.25, 0.3) is 5.69 Å². The van der Waals surface area contributed by atoms with Crippen LogP contribution in [0, 0.1) is 0 Å². The normalized spacial score (nSPS) is 10.7. The number of amides is 1. The number of ether oxygens (including phenoxy) is 1. The van der Waals surface area contributed by atoms with Gasteiger partial charge in [-0.2, -0.15) is 0 Å². The summed E-state index contributed by atoms with van der Waals surface area (Å²) in [6, 6.07) is 27.5. The Kier molecular flexibility index (Phi) is 7.19. The van der Waals surface area contributed by atoms with Gasteiger partial charge in [-0.25, -0.2) is 0 Å². The predicted molar refractivity (Wildman–Crippen MR) is 128 cm³/mol. The second-order valence-corrected chi connectivity index (χ2v) is 7.97. The molecule has 0 saturated carbocycles. The maximum absolute atomic E-state index is 12.5. The monoisotopic (exact) mass is 444 g/mol. The van der Waals surface area contributed by atoms with E-state index in [4.69, 9.17) is 4.74 Å². The van der Waals surface area contributed by atoms with Crippen molar-refractivity contribution >= 4 is 23.4 Å². The maximum Gasteiger partial charge on any atom is 0.234 e. The molecule has 7 heteroatoms. The number of thioether (sulfide) groups is 1. The molecule has 0 aliphatic carbocycles. The van der Waals surface area contributed by atoms with Gasteiger partial charge in [0.2, 0.25) is 5.91 Å². The number of benzene rings is 3. The second kappa shape index (κ2) is 10.6. The molecule has 1 N–H and O–H groups in total. The number of hydrogen-bond donors (Lipinski definition) is 1. The van der Waals surface area contributed by atoms with E-state index in [0.29, 0.717) is 18.2 Å². The number of anilines is 1. The van der Waals surface area contributed by atoms with Crippen molar-refractivity contribution in [3.8, 4) is 11.4 Å². The van der Waals surface area contributed by atoms with Gasteiger partial charge in [-0.05, 0) is 48.9 Å². The number of carbonyl (C=O) groups is 1. The molecule has 3 aromatic carbocycles. The SMILES string of the molecule is CCOc1ccc(NC(=O)CSc2nnc(Cc3ccccc3)n2-c2ccccc2)cc1. The molecule has 0 bridgehead atoms. The van der Waals surface area contributed by atoms with E-state index < -0.39 is 0 Å². The molecule has 0 unspecified atom stereocenters. The van der Waals surface area contributed by atoms with Crippen LogP contribution in [0.15, 0.2) is 90.1 Å². The van der Waals surface area contributed by atoms with Crippen LogP contribution < -0.4 is 10.1 Å². The molecule has 6 nitrogen and oxygen atoms in total. The van der Waals surface area contributed by atoms with E-state index in [0.717, 1.165) is 28.5 Å². The average Bonchev–Trinajstić information content (AvgIpc) is 3.23. The Hall–Kier alpha value is -3.58. The molecule has 0 saturated heterocycles. The molecule has 1 aromatic heterocycles. The lowest BCUT2D eigenvalue weighted by Gasteiger charge is -2.11. The Morgan fingerprint density at radius 3 is 2.31 bits per heavy atom. The van der Waals surface area contributed by atoms with Crippen LogP contribution in [0.1, 0.15) is 18.3 Å². The summed E-state index contributed by atoms with van der Waals surface area (Å²) >= 11 is 1.36. The van der Waals surface area contributed by atoms with E-state index >= 15 is 0 Å². The van der Waals surface area contributed by atoms with Crippen molar-refractivity contribution in [1.29, 1.82) is 0 Å². The molecule has 162 valence electrons. The van der Waals surface area contributed by atoms with Gasteiger partial charge in [0.15, 0.2) is 5.16 Å². The molecule has 0 radical (unpaired) electrons. The lowest BCUT2D eigenvalue weighted by molar-refractivity contribution is -0.113. The van der Waals surface area contributed by atoms with E-state index in [9.17, 15) is 4.79 Å². The molecule has 0 fully saturated rings. The molecular formula is C25H24N4O2S. The largest absolute Gasteiger partial charge is 0.494 e. The van der Waals surface area contributed by atoms with Crippen LogP contribution in [0.4, 0.5) is 5.69 Å². The summed E-state index contributed by atoms with van der Waals surface area (Å²) in [4.78, 5) is 12.5. The lowest BCUT2D eigenvalue weighted by Crippen LogP contribution is -2.14. The fraction of sp³-hybridized carbons (Fsp3) is 0.160. The molecule has 1 amide bonds. The van der Waals surface area contributed by atoms with Gasteiger partial charge in [-0.3, -0.25) is 9.36 Å². The minimum absolute atomic E-state index is 0.105. The Balaban J connectivity index is 1.47. The summed E-state index contributed by atoms with van der Waals surface area (Å²) in [5, 5.41) is 12.4. The third-order valence-electron chi connectivity index (χ3n) is 4.70. The fourth-order valence-corrected chi connectivity index (χ4v) is 4.02. The summed E-state index contributed by atoms with van der Waals surface area (Å²) in [7, 11) is 0. The van der Waals surface area contributed by atoms with Gasteiger partial charge in [-0.15, -0.1) is 10.2 Å². The Labute approximate surface area is 191 Å². The first kappa shape index (κ1) is 21.6. The minimum atomic E-state index is -0.105. The number of nitrogens with zero attached hydrogens (tertiary/aromatic N) is 3. The third-order valence-corrected chi connectivity index (χ3v) is 5.63. The topological polar surface area (TPSA) is 69.0 Å². The van der Waals surface area contributed by atoms with Gasteiger partial charge in [0.25, 0.3) is 0 Å². The number of aromatic nitrogens is 3. The van der Waals surface area contributed by atoms with Crippen molar-refractivity contribution < 1.29 is 9.53 Å². The summed E-state index contributed by atoms with van der Waals surface area (Å²) in [6.07, 6.45) is 0.654. The van der Waals surface area contributed by atoms with E-state index in [1.807, 2.05) is 84.3 Å². The van der Waals surface area contributed by atoms with Crippen LogP contribution in [0.3, 0.4) is 0 Å². The van der Waals surface area contributed by atoms with Crippen LogP contribution in [0.2, 0.25) is 0 Å². The number of carbonyl (C=O) groups excluding carboxylic acids is 1. The smallest absolute Gasteiger partial charge is 0.234 e. The summed E-state index contributed by atoms with van der Waals surface area (Å²) in [6.45, 7) is 2.54. The van der Waals surface area contributed by atoms with Crippen molar-refractivity contribution in [3.05, 3.63) is 96.3 Å². The highest BCUT2D eigenvalue weighted by molar-refractivity contribution is 7.99. The highest BCUT2D eigenvalue weighted by Crippen LogP contribution is 2.24. The highest BCUT2D eigenvalue weighted by Gasteiger charge is 2.16. The van der Waals surface area contributed by atoms with Crippen molar-refractivity contribution in [1.82, 2.24) is 14.8 Å². The predicted octanol–water partition coefficient (Wildman–Crippen LogP) is 4.99. The summed E-state index contributed by atoms with van der Waals surface area (Å²) in [5.74, 6) is 1.73. The standard InChI is InChI=1S/C25H24N4O2S/c1-2-31-22-15-13-20(14-16-22)26-24(30)18-32-25-28-27-23(17-19-9-5-3-6-10-19)29(25)21-11-7-4-8-12-21/h3-16H,2,17-18H2,1H3,(H,26,30). The average molecular weight is 445 g/mol. The number of hydrogen-bond acceptors (Lipinski definition) is 5. The van der Waals surface area contributed by atoms with E-state index in [1.54, 1.807) is 0 Å². The van der Waals surface area contributed by atoms with Crippen LogP contribution in [0.5, 0.6) is 5.75 Å². The van der Waals surface area contributed by atoms with Crippen LogP contribution >= 0.6 is 11.8 Å². The Morgan fingerprint density at radius 1 is 0.938 bits per heavy atom. The first-order valence-corrected chi connectivity index (χ1v) is 11.4. The van der Waals surface area contributed by atoms with Gasteiger partial charge in [0.1, 0.15) is 11.6 Å². The second-order valence-electron chi connectivity index (χ2n) is 7.03. The molecule has 0 aliphatic rings. The highest BCUT2D eigenvalue weighted by atomic mass is 32.2. The first-order chi connectivity index (χ1) is 15.7. The van der Waals surface area contributed by atoms with Crippen molar-refractivity contribution in [2.24, 2.45) is 0 Å². The molecule has 0 spiro atoms. The van der Waals surface area contributed by atoms with E-state index in [-0.39, 0.29) is 11.7 Å². The van der Waals surface area contributed by atoms with Gasteiger partial charge in [-0.1, -0.05) is 60.3 Å². The molecular weight excluding hydrogens is 420 g/mol. The summed E-state index contributed by atoms with van der Waals surface area (Å²) < 4.78 is 7.45. The van der Waals surface area contributed by atoms with Gasteiger partial charge in [0, 0.05) is 17.8 Å². The van der Waals surface area contributed by atoms with Gasteiger partial charge in [0.05, 0.1) is 12.4 Å². The van der Waals surface area contributed by atoms with E-state index in [2.05, 4.69) is 27.6 Å². The third kappa shape index (κ3) is 5.56. The first-order valence-electron chi connectivity index (χ1n) is 10.4. The van der Waals surface area contributed by atoms with Crippen molar-refractivity contribution in [2.45, 2.75) is 18.5 Å². The van der Waals surface area contributed by atoms with Crippen LogP contribution in [-0.2, 0) is 11.2 Å². The quantitative estimate of drug-likeness (QED) is 0.369. The van der Waals surface area contributed by atoms with Crippen molar-refractivity contribution in [3.63, 3.8) is 0 Å². The van der Waals surface area contributed by atoms with Crippen LogP contribution in [-0.4, -0.2) is 33.0 Å². The zero-order chi connectivity index (χ0) is 22.2. The number of rotatable bonds is 9. The van der Waals surface area contributed by atoms with E-state index in [1.165, 1.54) is 11.8 Å². The molecule has 4 rings (SSSR count). The summed E-state index contributed by atoms with van der Waals surface area (Å²) in [5.41, 5.74) is 2.85. The van der Waals surface area contributed by atoms with Gasteiger partial charge >= 0.3 is 0 Å². The Morgan fingerprint density at radius 2 is 1.62 bits per heavy atom. The molecule has 1 heterocycles. The lowest BCUT2D eigenvalue weighted by atomic mass is 10.1. The number of nitrogens with one attached hydrogen (secondary N) is 1. The molecule has 0 aliphatic heterocycles. The molecule has 32 heavy (non-hydrogen) atoms. The molecule has 0 atom stereocenters. The zero-order valence-corrected chi connectivity index (χ0v) is 18.6. The fourth-order valence-electron chi connectivity index (χ4n) is 3.25. The van der Waals surface area contributed by atoms with Crippen molar-refractivity contribution in [2.75, 3.05) is 17.7 Å². The zero-order valence-electron chi connectivity index (χ0n) is 17.8. The minimum Gasteiger partial charge on any atom is -0.494 e. The number of para-hydroxylation sites is 1.